The lowest BCUT2D eigenvalue weighted by atomic mass is 9.95. The zero-order valence-electron chi connectivity index (χ0n) is 16.5. The van der Waals surface area contributed by atoms with Gasteiger partial charge in [0.2, 0.25) is 5.95 Å². The average Bonchev–Trinajstić information content (AvgIpc) is 2.77. The summed E-state index contributed by atoms with van der Waals surface area (Å²) in [5.41, 5.74) is 15.2. The summed E-state index contributed by atoms with van der Waals surface area (Å²) in [5, 5.41) is 0. The summed E-state index contributed by atoms with van der Waals surface area (Å²) >= 11 is 0. The Hall–Kier alpha value is -3.94. The predicted molar refractivity (Wildman–Crippen MR) is 112 cm³/mol. The van der Waals surface area contributed by atoms with Crippen molar-refractivity contribution in [1.82, 2.24) is 14.9 Å². The molecule has 1 aromatic heterocycles. The summed E-state index contributed by atoms with van der Waals surface area (Å²) in [7, 11) is 1.57. The van der Waals surface area contributed by atoms with Crippen LogP contribution in [0.2, 0.25) is 0 Å². The van der Waals surface area contributed by atoms with E-state index in [1.165, 1.54) is 6.20 Å². The first-order valence-electron chi connectivity index (χ1n) is 9.44. The third-order valence-electron chi connectivity index (χ3n) is 5.17. The van der Waals surface area contributed by atoms with Crippen LogP contribution in [0.25, 0.3) is 11.3 Å². The van der Waals surface area contributed by atoms with Gasteiger partial charge in [0.25, 0.3) is 11.8 Å². The zero-order valence-corrected chi connectivity index (χ0v) is 16.5. The Bertz CT molecular complexity index is 1150. The quantitative estimate of drug-likeness (QED) is 0.687. The number of carbonyl (C=O) groups excluding carboxylic acids is 2. The molecule has 4 rings (SSSR count). The molecule has 30 heavy (non-hydrogen) atoms. The molecule has 0 fully saturated rings. The number of ether oxygens (including phenoxy) is 1. The van der Waals surface area contributed by atoms with Crippen molar-refractivity contribution in [2.45, 2.75) is 13.0 Å². The van der Waals surface area contributed by atoms with Gasteiger partial charge in [0.05, 0.1) is 18.4 Å². The number of aromatic nitrogens is 2. The molecule has 8 heteroatoms. The van der Waals surface area contributed by atoms with E-state index in [0.717, 1.165) is 17.5 Å². The van der Waals surface area contributed by atoms with Crippen LogP contribution in [0.1, 0.15) is 31.8 Å². The summed E-state index contributed by atoms with van der Waals surface area (Å²) < 4.78 is 5.22. The first kappa shape index (κ1) is 19.4. The Kier molecular flexibility index (Phi) is 5.05. The Balaban J connectivity index is 1.65. The van der Waals surface area contributed by atoms with E-state index in [1.54, 1.807) is 36.3 Å². The number of nitrogens with two attached hydrogens (primary N) is 2. The number of primary amides is 1. The normalized spacial score (nSPS) is 12.9. The Morgan fingerprint density at radius 2 is 1.97 bits per heavy atom. The fourth-order valence-electron chi connectivity index (χ4n) is 3.61. The van der Waals surface area contributed by atoms with Crippen molar-refractivity contribution >= 4 is 17.8 Å². The van der Waals surface area contributed by atoms with Crippen molar-refractivity contribution in [3.05, 3.63) is 70.9 Å². The summed E-state index contributed by atoms with van der Waals surface area (Å²) in [6.07, 6.45) is 2.07. The molecule has 2 amide bonds. The second kappa shape index (κ2) is 7.82. The minimum Gasteiger partial charge on any atom is -0.497 e. The number of benzene rings is 2. The molecule has 0 aliphatic carbocycles. The van der Waals surface area contributed by atoms with Gasteiger partial charge in [0.1, 0.15) is 5.75 Å². The first-order chi connectivity index (χ1) is 14.5. The van der Waals surface area contributed by atoms with Crippen LogP contribution in [0, 0.1) is 0 Å². The van der Waals surface area contributed by atoms with Gasteiger partial charge in [-0.2, -0.15) is 0 Å². The van der Waals surface area contributed by atoms with E-state index in [2.05, 4.69) is 9.97 Å². The van der Waals surface area contributed by atoms with Crippen molar-refractivity contribution < 1.29 is 14.3 Å². The highest BCUT2D eigenvalue weighted by atomic mass is 16.5. The van der Waals surface area contributed by atoms with Crippen molar-refractivity contribution in [2.24, 2.45) is 5.73 Å². The number of carbonyl (C=O) groups is 2. The second-order valence-corrected chi connectivity index (χ2v) is 7.05. The van der Waals surface area contributed by atoms with Crippen LogP contribution in [0.4, 0.5) is 5.95 Å². The van der Waals surface area contributed by atoms with Gasteiger partial charge in [-0.25, -0.2) is 9.97 Å². The molecule has 0 bridgehead atoms. The predicted octanol–water partition coefficient (Wildman–Crippen LogP) is 2.03. The van der Waals surface area contributed by atoms with E-state index in [9.17, 15) is 9.59 Å². The molecular formula is C22H21N5O3. The van der Waals surface area contributed by atoms with Crippen LogP contribution in [-0.2, 0) is 13.0 Å². The molecule has 3 aromatic rings. The highest BCUT2D eigenvalue weighted by molar-refractivity contribution is 5.98. The van der Waals surface area contributed by atoms with Crippen LogP contribution in [0.5, 0.6) is 5.75 Å². The average molecular weight is 403 g/mol. The maximum atomic E-state index is 13.0. The number of anilines is 1. The van der Waals surface area contributed by atoms with Gasteiger partial charge in [0, 0.05) is 30.4 Å². The molecule has 0 atom stereocenters. The largest absolute Gasteiger partial charge is 0.497 e. The monoisotopic (exact) mass is 403 g/mol. The lowest BCUT2D eigenvalue weighted by Gasteiger charge is -2.29. The zero-order chi connectivity index (χ0) is 21.3. The molecule has 2 aromatic carbocycles. The van der Waals surface area contributed by atoms with Gasteiger partial charge in [-0.15, -0.1) is 0 Å². The number of amides is 2. The molecule has 4 N–H and O–H groups in total. The molecule has 1 aliphatic heterocycles. The van der Waals surface area contributed by atoms with Crippen molar-refractivity contribution in [3.63, 3.8) is 0 Å². The fraction of sp³-hybridized carbons (Fsp3) is 0.182. The highest BCUT2D eigenvalue weighted by Crippen LogP contribution is 2.28. The molecule has 1 aliphatic rings. The van der Waals surface area contributed by atoms with E-state index in [-0.39, 0.29) is 17.4 Å². The summed E-state index contributed by atoms with van der Waals surface area (Å²) in [6.45, 7) is 1.07. The highest BCUT2D eigenvalue weighted by Gasteiger charge is 2.23. The number of nitrogen functional groups attached to an aromatic ring is 1. The molecule has 152 valence electrons. The maximum absolute atomic E-state index is 13.0. The standard InChI is InChI=1S/C22H21N5O3/c1-30-17-4-2-3-15(10-17)21(29)27-8-7-13-5-6-14(9-16(13)12-27)19-18(20(23)28)11-25-22(24)26-19/h2-6,9-11H,7-8,12H2,1H3,(H2,23,28)(H2,24,25,26). The third kappa shape index (κ3) is 3.67. The summed E-state index contributed by atoms with van der Waals surface area (Å²) in [5.74, 6) is 0.00929. The van der Waals surface area contributed by atoms with E-state index < -0.39 is 5.91 Å². The smallest absolute Gasteiger partial charge is 0.254 e. The first-order valence-corrected chi connectivity index (χ1v) is 9.44. The number of methoxy groups -OCH3 is 1. The van der Waals surface area contributed by atoms with Crippen LogP contribution in [-0.4, -0.2) is 40.3 Å². The number of hydrogen-bond acceptors (Lipinski definition) is 6. The van der Waals surface area contributed by atoms with Crippen LogP contribution < -0.4 is 16.2 Å². The third-order valence-corrected chi connectivity index (χ3v) is 5.17. The van der Waals surface area contributed by atoms with E-state index >= 15 is 0 Å². The van der Waals surface area contributed by atoms with E-state index in [4.69, 9.17) is 16.2 Å². The molecule has 0 spiro atoms. The Morgan fingerprint density at radius 3 is 2.73 bits per heavy atom. The second-order valence-electron chi connectivity index (χ2n) is 7.05. The van der Waals surface area contributed by atoms with Gasteiger partial charge in [-0.05, 0) is 41.8 Å². The Labute approximate surface area is 173 Å². The number of fused-ring (bicyclic) bond motifs is 1. The SMILES string of the molecule is COc1cccc(C(=O)N2CCc3ccc(-c4nc(N)ncc4C(N)=O)cc3C2)c1. The summed E-state index contributed by atoms with van der Waals surface area (Å²) in [6, 6.07) is 12.9. The molecule has 2 heterocycles. The molecule has 0 unspecified atom stereocenters. The minimum absolute atomic E-state index is 0.0579. The molecule has 0 saturated carbocycles. The van der Waals surface area contributed by atoms with Gasteiger partial charge in [0.15, 0.2) is 0 Å². The number of rotatable bonds is 4. The molecule has 8 nitrogen and oxygen atoms in total. The summed E-state index contributed by atoms with van der Waals surface area (Å²) in [4.78, 5) is 34.6. The van der Waals surface area contributed by atoms with Crippen LogP contribution in [0.3, 0.4) is 0 Å². The van der Waals surface area contributed by atoms with Crippen molar-refractivity contribution in [3.8, 4) is 17.0 Å². The van der Waals surface area contributed by atoms with E-state index in [0.29, 0.717) is 35.7 Å². The lowest BCUT2D eigenvalue weighted by molar-refractivity contribution is 0.0734. The van der Waals surface area contributed by atoms with Crippen molar-refractivity contribution in [1.29, 1.82) is 0 Å². The van der Waals surface area contributed by atoms with Gasteiger partial charge in [-0.3, -0.25) is 9.59 Å². The van der Waals surface area contributed by atoms with Gasteiger partial charge >= 0.3 is 0 Å². The van der Waals surface area contributed by atoms with Crippen LogP contribution >= 0.6 is 0 Å². The van der Waals surface area contributed by atoms with Gasteiger partial charge in [-0.1, -0.05) is 18.2 Å². The lowest BCUT2D eigenvalue weighted by Crippen LogP contribution is -2.36. The molecule has 0 radical (unpaired) electrons. The molecule has 0 saturated heterocycles. The molecular weight excluding hydrogens is 382 g/mol. The topological polar surface area (TPSA) is 124 Å². The number of nitrogens with zero attached hydrogens (tertiary/aromatic N) is 3. The Morgan fingerprint density at radius 1 is 1.13 bits per heavy atom. The minimum atomic E-state index is -0.627. The van der Waals surface area contributed by atoms with E-state index in [1.807, 2.05) is 18.2 Å². The van der Waals surface area contributed by atoms with Crippen LogP contribution in [0.15, 0.2) is 48.7 Å². The van der Waals surface area contributed by atoms with Crippen molar-refractivity contribution in [2.75, 3.05) is 19.4 Å². The fourth-order valence-corrected chi connectivity index (χ4v) is 3.61. The number of hydrogen-bond donors (Lipinski definition) is 2. The maximum Gasteiger partial charge on any atom is 0.254 e. The van der Waals surface area contributed by atoms with Gasteiger partial charge < -0.3 is 21.1 Å².